The maximum Gasteiger partial charge on any atom is 0.256 e. The molecule has 4 nitrogen and oxygen atoms in total. The van der Waals surface area contributed by atoms with Gasteiger partial charge in [0.15, 0.2) is 0 Å². The van der Waals surface area contributed by atoms with Crippen molar-refractivity contribution in [1.82, 2.24) is 0 Å². The van der Waals surface area contributed by atoms with Gasteiger partial charge >= 0.3 is 0 Å². The molecule has 0 spiro atoms. The van der Waals surface area contributed by atoms with Gasteiger partial charge in [-0.05, 0) is 69.4 Å². The van der Waals surface area contributed by atoms with Crippen LogP contribution in [0.4, 0.5) is 11.4 Å². The zero-order chi connectivity index (χ0) is 18.8. The maximum atomic E-state index is 12.8. The Morgan fingerprint density at radius 1 is 0.962 bits per heavy atom. The average molecular weight is 350 g/mol. The molecule has 1 heterocycles. The Bertz CT molecular complexity index is 847. The molecule has 1 fully saturated rings. The Kier molecular flexibility index (Phi) is 5.12. The van der Waals surface area contributed by atoms with E-state index >= 15 is 0 Å². The molecule has 2 aromatic rings. The Hall–Kier alpha value is -2.62. The van der Waals surface area contributed by atoms with Crippen molar-refractivity contribution < 1.29 is 9.59 Å². The largest absolute Gasteiger partial charge is 0.322 e. The maximum absolute atomic E-state index is 12.8. The molecule has 0 aromatic heterocycles. The number of benzene rings is 2. The van der Waals surface area contributed by atoms with Crippen molar-refractivity contribution in [3.8, 4) is 0 Å². The van der Waals surface area contributed by atoms with Crippen LogP contribution in [-0.4, -0.2) is 18.4 Å². The van der Waals surface area contributed by atoms with Gasteiger partial charge in [-0.15, -0.1) is 0 Å². The summed E-state index contributed by atoms with van der Waals surface area (Å²) in [4.78, 5) is 26.9. The average Bonchev–Trinajstić information content (AvgIpc) is 2.56. The van der Waals surface area contributed by atoms with Crippen LogP contribution >= 0.6 is 0 Å². The first-order valence-electron chi connectivity index (χ1n) is 9.17. The molecular formula is C22H26N2O2. The van der Waals surface area contributed by atoms with Crippen LogP contribution in [0.15, 0.2) is 30.3 Å². The molecule has 26 heavy (non-hydrogen) atoms. The van der Waals surface area contributed by atoms with Crippen molar-refractivity contribution in [3.63, 3.8) is 0 Å². The fraction of sp³-hybridized carbons (Fsp3) is 0.364. The van der Waals surface area contributed by atoms with Gasteiger partial charge in [0, 0.05) is 29.9 Å². The highest BCUT2D eigenvalue weighted by molar-refractivity contribution is 6.07. The first-order chi connectivity index (χ1) is 12.4. The van der Waals surface area contributed by atoms with Crippen LogP contribution in [0.2, 0.25) is 0 Å². The summed E-state index contributed by atoms with van der Waals surface area (Å²) in [5, 5.41) is 3.00. The van der Waals surface area contributed by atoms with Gasteiger partial charge in [-0.1, -0.05) is 23.8 Å². The normalized spacial score (nSPS) is 14.5. The van der Waals surface area contributed by atoms with Gasteiger partial charge < -0.3 is 10.2 Å². The molecule has 0 radical (unpaired) electrons. The lowest BCUT2D eigenvalue weighted by Crippen LogP contribution is -2.35. The zero-order valence-electron chi connectivity index (χ0n) is 16.0. The monoisotopic (exact) mass is 350 g/mol. The smallest absolute Gasteiger partial charge is 0.256 e. The van der Waals surface area contributed by atoms with Gasteiger partial charge in [-0.25, -0.2) is 0 Å². The van der Waals surface area contributed by atoms with Crippen LogP contribution in [0, 0.1) is 27.7 Å². The fourth-order valence-electron chi connectivity index (χ4n) is 3.77. The minimum absolute atomic E-state index is 0.111. The van der Waals surface area contributed by atoms with Crippen molar-refractivity contribution in [2.45, 2.75) is 47.0 Å². The quantitative estimate of drug-likeness (QED) is 0.873. The van der Waals surface area contributed by atoms with Gasteiger partial charge in [-0.2, -0.15) is 0 Å². The summed E-state index contributed by atoms with van der Waals surface area (Å²) in [6.07, 6.45) is 2.57. The number of carbonyl (C=O) groups is 2. The zero-order valence-corrected chi connectivity index (χ0v) is 16.0. The third kappa shape index (κ3) is 3.64. The van der Waals surface area contributed by atoms with E-state index in [0.717, 1.165) is 47.3 Å². The second-order valence-corrected chi connectivity index (χ2v) is 7.23. The molecular weight excluding hydrogens is 324 g/mol. The molecule has 3 rings (SSSR count). The summed E-state index contributed by atoms with van der Waals surface area (Å²) in [6, 6.07) is 9.81. The number of nitrogens with zero attached hydrogens (tertiary/aromatic N) is 1. The first kappa shape index (κ1) is 18.2. The summed E-state index contributed by atoms with van der Waals surface area (Å²) in [5.41, 5.74) is 6.46. The highest BCUT2D eigenvalue weighted by atomic mass is 16.2. The van der Waals surface area contributed by atoms with Crippen molar-refractivity contribution in [1.29, 1.82) is 0 Å². The molecule has 2 aromatic carbocycles. The Labute approximate surface area is 155 Å². The minimum Gasteiger partial charge on any atom is -0.322 e. The van der Waals surface area contributed by atoms with E-state index in [1.54, 1.807) is 0 Å². The Balaban J connectivity index is 1.88. The highest BCUT2D eigenvalue weighted by Gasteiger charge is 2.21. The molecule has 2 amide bonds. The number of hydrogen-bond donors (Lipinski definition) is 1. The number of rotatable bonds is 3. The van der Waals surface area contributed by atoms with Crippen LogP contribution in [0.25, 0.3) is 0 Å². The molecule has 0 atom stereocenters. The fourth-order valence-corrected chi connectivity index (χ4v) is 3.77. The van der Waals surface area contributed by atoms with Gasteiger partial charge in [0.1, 0.15) is 0 Å². The molecule has 0 saturated carbocycles. The van der Waals surface area contributed by atoms with Crippen LogP contribution < -0.4 is 10.2 Å². The lowest BCUT2D eigenvalue weighted by Gasteiger charge is -2.28. The molecule has 0 unspecified atom stereocenters. The number of amides is 2. The Morgan fingerprint density at radius 2 is 1.65 bits per heavy atom. The number of piperidine rings is 1. The molecule has 0 aliphatic carbocycles. The first-order valence-corrected chi connectivity index (χ1v) is 9.17. The van der Waals surface area contributed by atoms with Crippen LogP contribution in [0.3, 0.4) is 0 Å². The van der Waals surface area contributed by atoms with E-state index in [-0.39, 0.29) is 11.8 Å². The molecule has 1 saturated heterocycles. The van der Waals surface area contributed by atoms with E-state index < -0.39 is 0 Å². The molecule has 136 valence electrons. The van der Waals surface area contributed by atoms with Crippen molar-refractivity contribution >= 4 is 23.2 Å². The summed E-state index contributed by atoms with van der Waals surface area (Å²) >= 11 is 0. The number of anilines is 2. The summed E-state index contributed by atoms with van der Waals surface area (Å²) in [7, 11) is 0. The number of aryl methyl sites for hydroxylation is 4. The van der Waals surface area contributed by atoms with Crippen LogP contribution in [0.5, 0.6) is 0 Å². The number of carbonyl (C=O) groups excluding carboxylic acids is 2. The predicted octanol–water partition coefficient (Wildman–Crippen LogP) is 4.69. The van der Waals surface area contributed by atoms with E-state index in [0.29, 0.717) is 17.7 Å². The topological polar surface area (TPSA) is 49.4 Å². The number of nitrogens with one attached hydrogen (secondary N) is 1. The van der Waals surface area contributed by atoms with Crippen LogP contribution in [-0.2, 0) is 4.79 Å². The SMILES string of the molecule is Cc1cc(C)c(C(=O)Nc2ccc(C)c(N3CCCCC3=O)c2)c(C)c1. The van der Waals surface area contributed by atoms with E-state index in [9.17, 15) is 9.59 Å². The molecule has 1 N–H and O–H groups in total. The standard InChI is InChI=1S/C22H26N2O2/c1-14-11-16(3)21(17(4)12-14)22(26)23-18-9-8-15(2)19(13-18)24-10-6-5-7-20(24)25/h8-9,11-13H,5-7,10H2,1-4H3,(H,23,26). The lowest BCUT2D eigenvalue weighted by atomic mass is 9.99. The lowest BCUT2D eigenvalue weighted by molar-refractivity contribution is -0.119. The third-order valence-corrected chi connectivity index (χ3v) is 4.99. The number of hydrogen-bond acceptors (Lipinski definition) is 2. The Morgan fingerprint density at radius 3 is 2.31 bits per heavy atom. The van der Waals surface area contributed by atoms with Gasteiger partial charge in [0.2, 0.25) is 5.91 Å². The van der Waals surface area contributed by atoms with Crippen molar-refractivity contribution in [2.24, 2.45) is 0 Å². The van der Waals surface area contributed by atoms with Crippen molar-refractivity contribution in [3.05, 3.63) is 58.1 Å². The molecule has 4 heteroatoms. The highest BCUT2D eigenvalue weighted by Crippen LogP contribution is 2.28. The second-order valence-electron chi connectivity index (χ2n) is 7.23. The minimum atomic E-state index is -0.111. The second kappa shape index (κ2) is 7.32. The van der Waals surface area contributed by atoms with E-state index in [1.165, 1.54) is 0 Å². The van der Waals surface area contributed by atoms with Gasteiger partial charge in [-0.3, -0.25) is 9.59 Å². The summed E-state index contributed by atoms with van der Waals surface area (Å²) in [5.74, 6) is 0.0489. The summed E-state index contributed by atoms with van der Waals surface area (Å²) < 4.78 is 0. The van der Waals surface area contributed by atoms with Crippen molar-refractivity contribution in [2.75, 3.05) is 16.8 Å². The van der Waals surface area contributed by atoms with Crippen LogP contribution in [0.1, 0.15) is 51.9 Å². The molecule has 1 aliphatic rings. The van der Waals surface area contributed by atoms with E-state index in [4.69, 9.17) is 0 Å². The van der Waals surface area contributed by atoms with Gasteiger partial charge in [0.05, 0.1) is 0 Å². The third-order valence-electron chi connectivity index (χ3n) is 4.99. The van der Waals surface area contributed by atoms with E-state index in [2.05, 4.69) is 5.32 Å². The van der Waals surface area contributed by atoms with E-state index in [1.807, 2.05) is 62.9 Å². The molecule has 0 bridgehead atoms. The summed E-state index contributed by atoms with van der Waals surface area (Å²) in [6.45, 7) is 8.69. The predicted molar refractivity (Wildman–Crippen MR) is 106 cm³/mol. The van der Waals surface area contributed by atoms with Gasteiger partial charge in [0.25, 0.3) is 5.91 Å². The molecule has 1 aliphatic heterocycles.